The molecule has 0 spiro atoms. The van der Waals surface area contributed by atoms with Gasteiger partial charge in [-0.25, -0.2) is 4.79 Å². The van der Waals surface area contributed by atoms with Gasteiger partial charge in [0.1, 0.15) is 6.04 Å². The van der Waals surface area contributed by atoms with Crippen molar-refractivity contribution in [3.05, 3.63) is 11.6 Å². The third-order valence-electron chi connectivity index (χ3n) is 2.16. The van der Waals surface area contributed by atoms with Gasteiger partial charge in [-0.15, -0.1) is 11.8 Å². The standard InChI is InChI=1S/C10H11NO7S/c11-4(10(17)18)2-19-8-3(9(15)16)1-5(12)6(13)7(8)14/h1,4,12-14H,2,11H2,(H,15,16)(H,17,18)/t4-/m0/s1. The van der Waals surface area contributed by atoms with Crippen LogP contribution in [0.3, 0.4) is 0 Å². The van der Waals surface area contributed by atoms with E-state index in [0.29, 0.717) is 11.8 Å². The van der Waals surface area contributed by atoms with Gasteiger partial charge in [0.2, 0.25) is 5.75 Å². The number of aromatic carboxylic acids is 1. The van der Waals surface area contributed by atoms with E-state index in [0.717, 1.165) is 6.07 Å². The summed E-state index contributed by atoms with van der Waals surface area (Å²) in [6.07, 6.45) is 0. The Morgan fingerprint density at radius 1 is 1.21 bits per heavy atom. The highest BCUT2D eigenvalue weighted by Gasteiger charge is 2.23. The van der Waals surface area contributed by atoms with Crippen LogP contribution >= 0.6 is 11.8 Å². The molecule has 0 bridgehead atoms. The molecule has 0 radical (unpaired) electrons. The van der Waals surface area contributed by atoms with E-state index in [9.17, 15) is 24.9 Å². The fourth-order valence-corrected chi connectivity index (χ4v) is 2.20. The molecule has 7 N–H and O–H groups in total. The average Bonchev–Trinajstić information content (AvgIpc) is 2.33. The number of benzene rings is 1. The first-order valence-corrected chi connectivity index (χ1v) is 5.86. The normalized spacial score (nSPS) is 12.1. The van der Waals surface area contributed by atoms with E-state index < -0.39 is 40.8 Å². The Morgan fingerprint density at radius 2 is 1.79 bits per heavy atom. The Morgan fingerprint density at radius 3 is 2.26 bits per heavy atom. The molecule has 9 heteroatoms. The van der Waals surface area contributed by atoms with Crippen LogP contribution in [0.25, 0.3) is 0 Å². The number of phenols is 3. The maximum Gasteiger partial charge on any atom is 0.337 e. The second-order valence-electron chi connectivity index (χ2n) is 3.53. The summed E-state index contributed by atoms with van der Waals surface area (Å²) in [6, 6.07) is -0.506. The molecule has 104 valence electrons. The summed E-state index contributed by atoms with van der Waals surface area (Å²) in [6.45, 7) is 0. The third-order valence-corrected chi connectivity index (χ3v) is 3.39. The fraction of sp³-hybridized carbons (Fsp3) is 0.200. The lowest BCUT2D eigenvalue weighted by molar-refractivity contribution is -0.137. The number of thioether (sulfide) groups is 1. The lowest BCUT2D eigenvalue weighted by Gasteiger charge is -2.12. The lowest BCUT2D eigenvalue weighted by Crippen LogP contribution is -2.32. The number of phenolic OH excluding ortho intramolecular Hbond substituents is 3. The Bertz CT molecular complexity index is 531. The summed E-state index contributed by atoms with van der Waals surface area (Å²) in [5.74, 6) is -5.45. The number of rotatable bonds is 5. The van der Waals surface area contributed by atoms with Gasteiger partial charge in [0.15, 0.2) is 11.5 Å². The van der Waals surface area contributed by atoms with E-state index in [1.807, 2.05) is 0 Å². The predicted octanol–water partition coefficient (Wildman–Crippen LogP) is 0.00560. The van der Waals surface area contributed by atoms with Gasteiger partial charge in [-0.05, 0) is 6.07 Å². The molecule has 0 unspecified atom stereocenters. The summed E-state index contributed by atoms with van der Waals surface area (Å²) in [5, 5.41) is 45.6. The van der Waals surface area contributed by atoms with Crippen LogP contribution in [-0.2, 0) is 4.79 Å². The SMILES string of the molecule is N[C@@H](CSc1c(C(=O)O)cc(O)c(O)c1O)C(=O)O. The molecular weight excluding hydrogens is 278 g/mol. The summed E-state index contributed by atoms with van der Waals surface area (Å²) in [4.78, 5) is 21.2. The second-order valence-corrected chi connectivity index (χ2v) is 4.56. The van der Waals surface area contributed by atoms with Gasteiger partial charge in [-0.3, -0.25) is 4.79 Å². The zero-order valence-corrected chi connectivity index (χ0v) is 10.2. The Balaban J connectivity index is 3.14. The van der Waals surface area contributed by atoms with Crippen molar-refractivity contribution in [1.29, 1.82) is 0 Å². The molecule has 1 aromatic carbocycles. The van der Waals surface area contributed by atoms with Crippen LogP contribution in [0, 0.1) is 0 Å². The quantitative estimate of drug-likeness (QED) is 0.324. The molecule has 19 heavy (non-hydrogen) atoms. The highest BCUT2D eigenvalue weighted by atomic mass is 32.2. The zero-order valence-electron chi connectivity index (χ0n) is 9.40. The highest BCUT2D eigenvalue weighted by Crippen LogP contribution is 2.44. The molecule has 0 saturated carbocycles. The van der Waals surface area contributed by atoms with Crippen LogP contribution in [0.2, 0.25) is 0 Å². The van der Waals surface area contributed by atoms with E-state index in [4.69, 9.17) is 15.9 Å². The molecule has 0 amide bonds. The average molecular weight is 289 g/mol. The number of carboxylic acid groups (broad SMARTS) is 2. The molecule has 0 aliphatic carbocycles. The van der Waals surface area contributed by atoms with Gasteiger partial charge in [-0.1, -0.05) is 0 Å². The van der Waals surface area contributed by atoms with Crippen LogP contribution in [0.5, 0.6) is 17.2 Å². The van der Waals surface area contributed by atoms with Gasteiger partial charge in [-0.2, -0.15) is 0 Å². The summed E-state index contributed by atoms with van der Waals surface area (Å²) >= 11 is 0.654. The van der Waals surface area contributed by atoms with Crippen LogP contribution in [-0.4, -0.2) is 49.3 Å². The van der Waals surface area contributed by atoms with E-state index in [1.54, 1.807) is 0 Å². The topological polar surface area (TPSA) is 161 Å². The number of carboxylic acids is 2. The van der Waals surface area contributed by atoms with Gasteiger partial charge in [0.05, 0.1) is 10.5 Å². The molecule has 0 fully saturated rings. The van der Waals surface area contributed by atoms with Crippen molar-refractivity contribution in [2.45, 2.75) is 10.9 Å². The van der Waals surface area contributed by atoms with Crippen LogP contribution in [0.1, 0.15) is 10.4 Å². The highest BCUT2D eigenvalue weighted by molar-refractivity contribution is 7.99. The molecule has 0 heterocycles. The van der Waals surface area contributed by atoms with Gasteiger partial charge in [0.25, 0.3) is 0 Å². The largest absolute Gasteiger partial charge is 0.504 e. The van der Waals surface area contributed by atoms with Gasteiger partial charge in [0, 0.05) is 5.75 Å². The maximum absolute atomic E-state index is 11.0. The van der Waals surface area contributed by atoms with Crippen molar-refractivity contribution in [2.75, 3.05) is 5.75 Å². The monoisotopic (exact) mass is 289 g/mol. The number of nitrogens with two attached hydrogens (primary N) is 1. The first-order valence-electron chi connectivity index (χ1n) is 4.88. The number of aliphatic carboxylic acids is 1. The van der Waals surface area contributed by atoms with E-state index >= 15 is 0 Å². The minimum absolute atomic E-state index is 0.215. The Hall–Kier alpha value is -2.13. The molecule has 8 nitrogen and oxygen atoms in total. The number of carbonyl (C=O) groups is 2. The lowest BCUT2D eigenvalue weighted by atomic mass is 10.2. The fourth-order valence-electron chi connectivity index (χ4n) is 1.18. The Kier molecular flexibility index (Phi) is 4.46. The van der Waals surface area contributed by atoms with Crippen molar-refractivity contribution in [3.63, 3.8) is 0 Å². The number of aromatic hydroxyl groups is 3. The van der Waals surface area contributed by atoms with Gasteiger partial charge < -0.3 is 31.3 Å². The third kappa shape index (κ3) is 3.20. The first-order chi connectivity index (χ1) is 8.75. The van der Waals surface area contributed by atoms with Crippen molar-refractivity contribution in [3.8, 4) is 17.2 Å². The summed E-state index contributed by atoms with van der Waals surface area (Å²) in [5.41, 5.74) is 4.78. The molecule has 0 saturated heterocycles. The number of hydrogen-bond acceptors (Lipinski definition) is 7. The minimum Gasteiger partial charge on any atom is -0.504 e. The molecular formula is C10H11NO7S. The van der Waals surface area contributed by atoms with Crippen LogP contribution < -0.4 is 5.73 Å². The molecule has 0 aliphatic heterocycles. The van der Waals surface area contributed by atoms with Crippen LogP contribution in [0.4, 0.5) is 0 Å². The molecule has 0 aliphatic rings. The molecule has 1 rings (SSSR count). The van der Waals surface area contributed by atoms with E-state index in [-0.39, 0.29) is 10.6 Å². The summed E-state index contributed by atoms with van der Waals surface area (Å²) in [7, 11) is 0. The smallest absolute Gasteiger partial charge is 0.337 e. The number of hydrogen-bond donors (Lipinski definition) is 6. The first kappa shape index (κ1) is 14.9. The Labute approximate surface area is 111 Å². The van der Waals surface area contributed by atoms with Crippen molar-refractivity contribution in [1.82, 2.24) is 0 Å². The predicted molar refractivity (Wildman–Crippen MR) is 64.7 cm³/mol. The summed E-state index contributed by atoms with van der Waals surface area (Å²) < 4.78 is 0. The second kappa shape index (κ2) is 5.67. The maximum atomic E-state index is 11.0. The van der Waals surface area contributed by atoms with Crippen LogP contribution in [0.15, 0.2) is 11.0 Å². The van der Waals surface area contributed by atoms with Crippen molar-refractivity contribution >= 4 is 23.7 Å². The van der Waals surface area contributed by atoms with Crippen molar-refractivity contribution in [2.24, 2.45) is 5.73 Å². The van der Waals surface area contributed by atoms with E-state index in [2.05, 4.69) is 0 Å². The van der Waals surface area contributed by atoms with Crippen molar-refractivity contribution < 1.29 is 35.1 Å². The molecule has 1 aromatic rings. The van der Waals surface area contributed by atoms with Gasteiger partial charge >= 0.3 is 11.9 Å². The van der Waals surface area contributed by atoms with E-state index in [1.165, 1.54) is 0 Å². The minimum atomic E-state index is -1.45. The zero-order chi connectivity index (χ0) is 14.7. The molecule has 1 atom stereocenters. The molecule has 0 aromatic heterocycles.